The lowest BCUT2D eigenvalue weighted by Gasteiger charge is -2.25. The van der Waals surface area contributed by atoms with Gasteiger partial charge in [-0.2, -0.15) is 0 Å². The van der Waals surface area contributed by atoms with E-state index in [2.05, 4.69) is 30.3 Å². The molecule has 0 unspecified atom stereocenters. The van der Waals surface area contributed by atoms with E-state index >= 15 is 0 Å². The zero-order valence-electron chi connectivity index (χ0n) is 21.3. The first-order valence-corrected chi connectivity index (χ1v) is 13.4. The minimum absolute atomic E-state index is 0.184. The van der Waals surface area contributed by atoms with Crippen LogP contribution in [0, 0.1) is 6.92 Å². The molecule has 0 radical (unpaired) electrons. The van der Waals surface area contributed by atoms with Gasteiger partial charge >= 0.3 is 0 Å². The topological polar surface area (TPSA) is 148 Å². The second-order valence-corrected chi connectivity index (χ2v) is 11.2. The number of nitrogens with zero attached hydrogens (tertiary/aromatic N) is 7. The smallest absolute Gasteiger partial charge is 0.213 e. The summed E-state index contributed by atoms with van der Waals surface area (Å²) in [5.41, 5.74) is 1.91. The lowest BCUT2D eigenvalue weighted by molar-refractivity contribution is 0.00140. The number of pyridine rings is 1. The van der Waals surface area contributed by atoms with Gasteiger partial charge in [-0.05, 0) is 39.3 Å². The monoisotopic (exact) mass is 527 g/mol. The number of aromatic nitrogens is 7. The Morgan fingerprint density at radius 3 is 2.49 bits per heavy atom. The van der Waals surface area contributed by atoms with Gasteiger partial charge in [-0.25, -0.2) is 23.4 Å². The van der Waals surface area contributed by atoms with E-state index in [1.807, 2.05) is 20.8 Å². The van der Waals surface area contributed by atoms with Gasteiger partial charge < -0.3 is 18.6 Å². The molecule has 13 heteroatoms. The van der Waals surface area contributed by atoms with Crippen LogP contribution < -0.4 is 4.74 Å². The molecule has 12 nitrogen and oxygen atoms in total. The normalized spacial score (nSPS) is 13.6. The van der Waals surface area contributed by atoms with Crippen LogP contribution >= 0.6 is 0 Å². The van der Waals surface area contributed by atoms with Crippen molar-refractivity contribution < 1.29 is 22.4 Å². The number of sulfone groups is 1. The maximum atomic E-state index is 13.7. The van der Waals surface area contributed by atoms with Gasteiger partial charge in [-0.3, -0.25) is 0 Å². The summed E-state index contributed by atoms with van der Waals surface area (Å²) >= 11 is 0. The van der Waals surface area contributed by atoms with Crippen molar-refractivity contribution in [2.75, 3.05) is 7.11 Å². The van der Waals surface area contributed by atoms with Crippen molar-refractivity contribution in [1.29, 1.82) is 0 Å². The molecule has 2 atom stereocenters. The van der Waals surface area contributed by atoms with Crippen molar-refractivity contribution in [3.05, 3.63) is 65.8 Å². The lowest BCUT2D eigenvalue weighted by Crippen LogP contribution is -2.32. The van der Waals surface area contributed by atoms with Crippen molar-refractivity contribution in [2.24, 2.45) is 0 Å². The van der Waals surface area contributed by atoms with E-state index in [0.717, 1.165) is 5.56 Å². The van der Waals surface area contributed by atoms with Crippen molar-refractivity contribution in [3.63, 3.8) is 0 Å². The Morgan fingerprint density at radius 2 is 1.84 bits per heavy atom. The molecular weight excluding hydrogens is 498 g/mol. The summed E-state index contributed by atoms with van der Waals surface area (Å²) in [5, 5.41) is 11.5. The summed E-state index contributed by atoms with van der Waals surface area (Å²) < 4.78 is 45.2. The summed E-state index contributed by atoms with van der Waals surface area (Å²) in [4.78, 5) is 13.1. The van der Waals surface area contributed by atoms with E-state index in [0.29, 0.717) is 28.9 Å². The molecule has 4 aromatic rings. The quantitative estimate of drug-likeness (QED) is 0.283. The van der Waals surface area contributed by atoms with Gasteiger partial charge in [0, 0.05) is 24.5 Å². The second kappa shape index (κ2) is 11.1. The number of aryl methyl sites for hydroxylation is 1. The Balaban J connectivity index is 1.70. The Kier molecular flexibility index (Phi) is 7.93. The second-order valence-electron chi connectivity index (χ2n) is 8.82. The molecule has 0 spiro atoms. The van der Waals surface area contributed by atoms with Gasteiger partial charge in [-0.1, -0.05) is 11.2 Å². The predicted molar refractivity (Wildman–Crippen MR) is 133 cm³/mol. The highest BCUT2D eigenvalue weighted by Crippen LogP contribution is 2.28. The maximum Gasteiger partial charge on any atom is 0.213 e. The first-order valence-electron chi connectivity index (χ1n) is 11.7. The molecule has 4 heterocycles. The fourth-order valence-electron chi connectivity index (χ4n) is 3.66. The van der Waals surface area contributed by atoms with E-state index in [4.69, 9.17) is 14.0 Å². The van der Waals surface area contributed by atoms with Gasteiger partial charge in [0.1, 0.15) is 35.3 Å². The molecule has 0 saturated heterocycles. The van der Waals surface area contributed by atoms with Gasteiger partial charge in [-0.15, -0.1) is 10.2 Å². The molecule has 0 bridgehead atoms. The van der Waals surface area contributed by atoms with Crippen molar-refractivity contribution >= 4 is 9.84 Å². The fraction of sp³-hybridized carbons (Fsp3) is 0.417. The first kappa shape index (κ1) is 26.4. The van der Waals surface area contributed by atoms with Crippen molar-refractivity contribution in [3.8, 4) is 17.4 Å². The third-order valence-corrected chi connectivity index (χ3v) is 7.64. The molecule has 0 aliphatic heterocycles. The summed E-state index contributed by atoms with van der Waals surface area (Å²) in [5.74, 6) is 0.898. The highest BCUT2D eigenvalue weighted by Gasteiger charge is 2.35. The number of rotatable bonds is 11. The Hall–Kier alpha value is -3.71. The van der Waals surface area contributed by atoms with Gasteiger partial charge in [0.25, 0.3) is 0 Å². The van der Waals surface area contributed by atoms with Crippen LogP contribution in [0.15, 0.2) is 47.4 Å². The number of hydrogen-bond donors (Lipinski definition) is 0. The van der Waals surface area contributed by atoms with Crippen molar-refractivity contribution in [1.82, 2.24) is 34.9 Å². The minimum atomic E-state index is -3.82. The fourth-order valence-corrected chi connectivity index (χ4v) is 5.05. The van der Waals surface area contributed by atoms with E-state index in [9.17, 15) is 8.42 Å². The number of methoxy groups -OCH3 is 1. The van der Waals surface area contributed by atoms with E-state index in [1.54, 1.807) is 48.1 Å². The van der Waals surface area contributed by atoms with Gasteiger partial charge in [0.15, 0.2) is 21.5 Å². The molecule has 0 saturated carbocycles. The largest absolute Gasteiger partial charge is 0.481 e. The molecule has 196 valence electrons. The standard InChI is InChI=1S/C24H29N7O5S/c1-15(2)36-22(23-25-11-16(3)12-26-23)17(4)37(32,33)14-20-28-29-24(19-7-6-8-21(27-19)34-5)31(20)13-18-9-10-35-30-18/h6-12,15,17,22H,13-14H2,1-5H3/t17-,22+/m0/s1. The Labute approximate surface area is 215 Å². The molecule has 0 N–H and O–H groups in total. The zero-order valence-corrected chi connectivity index (χ0v) is 22.1. The SMILES string of the molecule is COc1cccc(-c2nnc(CS(=O)(=O)[C@@H](C)[C@@H](OC(C)C)c3ncc(C)cn3)n2Cc2ccon2)n1. The molecule has 4 aromatic heterocycles. The van der Waals surface area contributed by atoms with E-state index < -0.39 is 26.9 Å². The predicted octanol–water partition coefficient (Wildman–Crippen LogP) is 2.95. The number of ether oxygens (including phenoxy) is 2. The minimum Gasteiger partial charge on any atom is -0.481 e. The number of hydrogen-bond acceptors (Lipinski definition) is 11. The van der Waals surface area contributed by atoms with E-state index in [-0.39, 0.29) is 18.5 Å². The van der Waals surface area contributed by atoms with Crippen LogP contribution in [0.25, 0.3) is 11.5 Å². The molecule has 0 aromatic carbocycles. The average molecular weight is 528 g/mol. The van der Waals surface area contributed by atoms with Crippen LogP contribution in [-0.4, -0.2) is 61.8 Å². The van der Waals surface area contributed by atoms with Crippen molar-refractivity contribution in [2.45, 2.75) is 57.5 Å². The van der Waals surface area contributed by atoms with Crippen LogP contribution in [0.2, 0.25) is 0 Å². The molecule has 0 fully saturated rings. The van der Waals surface area contributed by atoms with Crippen LogP contribution in [0.5, 0.6) is 5.88 Å². The highest BCUT2D eigenvalue weighted by atomic mass is 32.2. The van der Waals surface area contributed by atoms with E-state index in [1.165, 1.54) is 13.4 Å². The summed E-state index contributed by atoms with van der Waals surface area (Å²) in [6, 6.07) is 6.90. The summed E-state index contributed by atoms with van der Waals surface area (Å²) in [6.45, 7) is 7.31. The first-order chi connectivity index (χ1) is 17.7. The summed E-state index contributed by atoms with van der Waals surface area (Å²) in [7, 11) is -2.30. The molecule has 0 aliphatic rings. The third-order valence-electron chi connectivity index (χ3n) is 5.60. The van der Waals surface area contributed by atoms with Crippen LogP contribution in [0.1, 0.15) is 49.8 Å². The van der Waals surface area contributed by atoms with Crippen LogP contribution in [-0.2, 0) is 26.9 Å². The molecule has 0 aliphatic carbocycles. The molecule has 0 amide bonds. The van der Waals surface area contributed by atoms with Crippen LogP contribution in [0.3, 0.4) is 0 Å². The molecule has 37 heavy (non-hydrogen) atoms. The lowest BCUT2D eigenvalue weighted by atomic mass is 10.2. The average Bonchev–Trinajstić information content (AvgIpc) is 3.53. The van der Waals surface area contributed by atoms with Gasteiger partial charge in [0.05, 0.1) is 25.0 Å². The Bertz CT molecular complexity index is 1420. The summed E-state index contributed by atoms with van der Waals surface area (Å²) in [6.07, 6.45) is 3.61. The zero-order chi connectivity index (χ0) is 26.6. The Morgan fingerprint density at radius 1 is 1.08 bits per heavy atom. The maximum absolute atomic E-state index is 13.7. The molecular formula is C24H29N7O5S. The van der Waals surface area contributed by atoms with Crippen LogP contribution in [0.4, 0.5) is 0 Å². The molecule has 4 rings (SSSR count). The van der Waals surface area contributed by atoms with Gasteiger partial charge in [0.2, 0.25) is 5.88 Å². The third kappa shape index (κ3) is 6.17. The highest BCUT2D eigenvalue weighted by molar-refractivity contribution is 7.91.